The van der Waals surface area contributed by atoms with Crippen LogP contribution in [0.3, 0.4) is 0 Å². The van der Waals surface area contributed by atoms with Crippen LogP contribution in [-0.4, -0.2) is 35.3 Å². The molecule has 1 atom stereocenters. The quantitative estimate of drug-likeness (QED) is 0.880. The lowest BCUT2D eigenvalue weighted by Crippen LogP contribution is -2.33. The van der Waals surface area contributed by atoms with E-state index in [1.165, 1.54) is 18.5 Å². The van der Waals surface area contributed by atoms with Gasteiger partial charge in [0.25, 0.3) is 5.91 Å². The average Bonchev–Trinajstić information content (AvgIpc) is 3.26. The minimum absolute atomic E-state index is 0.0170. The fraction of sp³-hybridized carbons (Fsp3) is 0.500. The maximum atomic E-state index is 12.7. The fourth-order valence-corrected chi connectivity index (χ4v) is 4.05. The molecule has 132 valence electrons. The van der Waals surface area contributed by atoms with Crippen LogP contribution in [0.15, 0.2) is 30.3 Å². The summed E-state index contributed by atoms with van der Waals surface area (Å²) < 4.78 is 1.96. The molecular weight excluding hydrogens is 312 g/mol. The number of piperidine rings is 1. The number of fused-ring (bicyclic) bond motifs is 1. The largest absolute Gasteiger partial charge is 0.351 e. The molecule has 1 amide bonds. The van der Waals surface area contributed by atoms with E-state index in [1.807, 2.05) is 35.0 Å². The summed E-state index contributed by atoms with van der Waals surface area (Å²) in [6.45, 7) is 2.94. The van der Waals surface area contributed by atoms with E-state index in [0.717, 1.165) is 56.6 Å². The molecule has 4 rings (SSSR count). The van der Waals surface area contributed by atoms with E-state index >= 15 is 0 Å². The zero-order chi connectivity index (χ0) is 17.1. The van der Waals surface area contributed by atoms with Crippen molar-refractivity contribution in [1.29, 1.82) is 0 Å². The number of para-hydroxylation sites is 1. The third kappa shape index (κ3) is 3.47. The second-order valence-corrected chi connectivity index (χ2v) is 7.13. The lowest BCUT2D eigenvalue weighted by Gasteiger charge is -2.22. The van der Waals surface area contributed by atoms with Gasteiger partial charge in [0.2, 0.25) is 0 Å². The first kappa shape index (κ1) is 16.3. The van der Waals surface area contributed by atoms with Gasteiger partial charge in [-0.3, -0.25) is 4.79 Å². The molecule has 0 bridgehead atoms. The molecule has 2 aliphatic rings. The van der Waals surface area contributed by atoms with Crippen molar-refractivity contribution in [3.63, 3.8) is 0 Å². The molecule has 1 aliphatic heterocycles. The highest BCUT2D eigenvalue weighted by Gasteiger charge is 2.26. The summed E-state index contributed by atoms with van der Waals surface area (Å²) in [6.07, 6.45) is 6.61. The molecule has 2 aromatic rings. The van der Waals surface area contributed by atoms with E-state index in [0.29, 0.717) is 11.6 Å². The Bertz CT molecular complexity index is 732. The molecule has 5 nitrogen and oxygen atoms in total. The van der Waals surface area contributed by atoms with Crippen molar-refractivity contribution in [3.8, 4) is 5.69 Å². The zero-order valence-corrected chi connectivity index (χ0v) is 14.6. The second kappa shape index (κ2) is 7.40. The minimum Gasteiger partial charge on any atom is -0.351 e. The number of aromatic nitrogens is 2. The molecule has 0 spiro atoms. The summed E-state index contributed by atoms with van der Waals surface area (Å²) in [5, 5.41) is 11.2. The first-order valence-electron chi connectivity index (χ1n) is 9.48. The van der Waals surface area contributed by atoms with Crippen LogP contribution in [0.2, 0.25) is 0 Å². The van der Waals surface area contributed by atoms with E-state index in [4.69, 9.17) is 0 Å². The van der Waals surface area contributed by atoms with Crippen LogP contribution < -0.4 is 10.6 Å². The molecule has 25 heavy (non-hydrogen) atoms. The highest BCUT2D eigenvalue weighted by Crippen LogP contribution is 2.27. The van der Waals surface area contributed by atoms with Crippen LogP contribution >= 0.6 is 0 Å². The van der Waals surface area contributed by atoms with Crippen LogP contribution in [0.5, 0.6) is 0 Å². The first-order valence-corrected chi connectivity index (χ1v) is 9.48. The second-order valence-electron chi connectivity index (χ2n) is 7.13. The number of amides is 1. The van der Waals surface area contributed by atoms with Crippen molar-refractivity contribution in [2.75, 3.05) is 19.6 Å². The van der Waals surface area contributed by atoms with Crippen LogP contribution in [0.1, 0.15) is 47.4 Å². The molecule has 0 saturated carbocycles. The van der Waals surface area contributed by atoms with E-state index in [1.54, 1.807) is 0 Å². The highest BCUT2D eigenvalue weighted by molar-refractivity contribution is 5.94. The molecule has 1 aromatic carbocycles. The lowest BCUT2D eigenvalue weighted by atomic mass is 9.96. The van der Waals surface area contributed by atoms with Crippen molar-refractivity contribution in [2.24, 2.45) is 5.92 Å². The summed E-state index contributed by atoms with van der Waals surface area (Å²) in [4.78, 5) is 12.7. The summed E-state index contributed by atoms with van der Waals surface area (Å²) >= 11 is 0. The topological polar surface area (TPSA) is 59.0 Å². The van der Waals surface area contributed by atoms with Crippen LogP contribution in [0.25, 0.3) is 5.69 Å². The molecule has 1 unspecified atom stereocenters. The maximum absolute atomic E-state index is 12.7. The molecule has 5 heteroatoms. The molecule has 1 aliphatic carbocycles. The summed E-state index contributed by atoms with van der Waals surface area (Å²) in [7, 11) is 0. The van der Waals surface area contributed by atoms with E-state index < -0.39 is 0 Å². The predicted octanol–water partition coefficient (Wildman–Crippen LogP) is 2.48. The van der Waals surface area contributed by atoms with E-state index in [9.17, 15) is 4.79 Å². The molecule has 1 saturated heterocycles. The Morgan fingerprint density at radius 3 is 2.92 bits per heavy atom. The van der Waals surface area contributed by atoms with Gasteiger partial charge in [-0.25, -0.2) is 4.68 Å². The van der Waals surface area contributed by atoms with Gasteiger partial charge in [-0.2, -0.15) is 5.10 Å². The number of hydrogen-bond donors (Lipinski definition) is 2. The fourth-order valence-electron chi connectivity index (χ4n) is 4.05. The normalized spacial score (nSPS) is 19.6. The van der Waals surface area contributed by atoms with Crippen molar-refractivity contribution < 1.29 is 4.79 Å². The monoisotopic (exact) mass is 338 g/mol. The van der Waals surface area contributed by atoms with Gasteiger partial charge in [0, 0.05) is 17.8 Å². The Morgan fingerprint density at radius 1 is 1.24 bits per heavy atom. The highest BCUT2D eigenvalue weighted by atomic mass is 16.1. The molecule has 2 N–H and O–H groups in total. The van der Waals surface area contributed by atoms with Gasteiger partial charge < -0.3 is 10.6 Å². The van der Waals surface area contributed by atoms with Gasteiger partial charge in [0.15, 0.2) is 5.69 Å². The lowest BCUT2D eigenvalue weighted by molar-refractivity contribution is 0.0944. The number of rotatable bonds is 5. The third-order valence-electron chi connectivity index (χ3n) is 5.38. The van der Waals surface area contributed by atoms with Gasteiger partial charge in [0.1, 0.15) is 0 Å². The van der Waals surface area contributed by atoms with Gasteiger partial charge in [-0.15, -0.1) is 0 Å². The Hall–Kier alpha value is -2.14. The summed E-state index contributed by atoms with van der Waals surface area (Å²) in [5.74, 6) is 0.665. The Kier molecular flexibility index (Phi) is 4.83. The van der Waals surface area contributed by atoms with Gasteiger partial charge in [0.05, 0.1) is 5.69 Å². The SMILES string of the molecule is O=C(NCCC1CCCNC1)c1nn(-c2ccccc2)c2c1CCC2. The van der Waals surface area contributed by atoms with Crippen molar-refractivity contribution in [1.82, 2.24) is 20.4 Å². The van der Waals surface area contributed by atoms with E-state index in [2.05, 4.69) is 15.7 Å². The molecule has 1 fully saturated rings. The number of carbonyl (C=O) groups excluding carboxylic acids is 1. The number of hydrogen-bond acceptors (Lipinski definition) is 3. The van der Waals surface area contributed by atoms with Crippen LogP contribution in [-0.2, 0) is 12.8 Å². The molecule has 2 heterocycles. The Balaban J connectivity index is 1.46. The molecular formula is C20H26N4O. The number of nitrogens with zero attached hydrogens (tertiary/aromatic N) is 2. The average molecular weight is 338 g/mol. The van der Waals surface area contributed by atoms with Crippen LogP contribution in [0, 0.1) is 5.92 Å². The number of benzene rings is 1. The van der Waals surface area contributed by atoms with Crippen molar-refractivity contribution in [3.05, 3.63) is 47.3 Å². The van der Waals surface area contributed by atoms with Crippen LogP contribution in [0.4, 0.5) is 0 Å². The van der Waals surface area contributed by atoms with Gasteiger partial charge >= 0.3 is 0 Å². The predicted molar refractivity (Wildman–Crippen MR) is 98.1 cm³/mol. The number of nitrogens with one attached hydrogen (secondary N) is 2. The van der Waals surface area contributed by atoms with Crippen molar-refractivity contribution >= 4 is 5.91 Å². The Morgan fingerprint density at radius 2 is 2.12 bits per heavy atom. The Labute approximate surface area is 148 Å². The number of carbonyl (C=O) groups is 1. The molecule has 0 radical (unpaired) electrons. The summed E-state index contributed by atoms with van der Waals surface area (Å²) in [5.41, 5.74) is 4.00. The maximum Gasteiger partial charge on any atom is 0.272 e. The molecule has 1 aromatic heterocycles. The standard InChI is InChI=1S/C20H26N4O/c25-20(22-13-11-15-6-5-12-21-14-15)19-17-9-4-10-18(17)24(23-19)16-7-2-1-3-8-16/h1-3,7-8,15,21H,4-6,9-14H2,(H,22,25). The van der Waals surface area contributed by atoms with Crippen molar-refractivity contribution in [2.45, 2.75) is 38.5 Å². The minimum atomic E-state index is -0.0170. The summed E-state index contributed by atoms with van der Waals surface area (Å²) in [6, 6.07) is 10.1. The third-order valence-corrected chi connectivity index (χ3v) is 5.38. The smallest absolute Gasteiger partial charge is 0.272 e. The van der Waals surface area contributed by atoms with E-state index in [-0.39, 0.29) is 5.91 Å². The zero-order valence-electron chi connectivity index (χ0n) is 14.6. The van der Waals surface area contributed by atoms with Gasteiger partial charge in [-0.1, -0.05) is 18.2 Å². The first-order chi connectivity index (χ1) is 12.3. The van der Waals surface area contributed by atoms with Gasteiger partial charge in [-0.05, 0) is 69.7 Å².